The van der Waals surface area contributed by atoms with Crippen molar-refractivity contribution in [1.82, 2.24) is 4.41 Å². The summed E-state index contributed by atoms with van der Waals surface area (Å²) < 4.78 is 25.2. The van der Waals surface area contributed by atoms with E-state index in [1.807, 2.05) is 35.9 Å². The molecular weight excluding hydrogens is 312 g/mol. The zero-order chi connectivity index (χ0) is 14.3. The molecule has 0 saturated heterocycles. The highest BCUT2D eigenvalue weighted by Gasteiger charge is 2.36. The third-order valence-corrected chi connectivity index (χ3v) is 6.28. The van der Waals surface area contributed by atoms with E-state index in [0.717, 1.165) is 21.0 Å². The third-order valence-electron chi connectivity index (χ3n) is 3.22. The molecule has 3 rings (SSSR count). The minimum atomic E-state index is -3.36. The molecule has 20 heavy (non-hydrogen) atoms. The average Bonchev–Trinajstić information content (AvgIpc) is 3.05. The van der Waals surface area contributed by atoms with Crippen molar-refractivity contribution < 1.29 is 8.42 Å². The van der Waals surface area contributed by atoms with Gasteiger partial charge in [0.15, 0.2) is 0 Å². The Morgan fingerprint density at radius 2 is 2.10 bits per heavy atom. The van der Waals surface area contributed by atoms with Crippen molar-refractivity contribution >= 4 is 38.4 Å². The molecule has 0 amide bonds. The van der Waals surface area contributed by atoms with Crippen molar-refractivity contribution in [3.8, 4) is 0 Å². The average molecular weight is 326 g/mol. The molecule has 0 bridgehead atoms. The molecule has 0 saturated carbocycles. The Balaban J connectivity index is 2.03. The summed E-state index contributed by atoms with van der Waals surface area (Å²) in [5.41, 5.74) is 1.97. The molecule has 0 N–H and O–H groups in total. The Morgan fingerprint density at radius 1 is 1.30 bits per heavy atom. The normalized spacial score (nSPS) is 19.4. The van der Waals surface area contributed by atoms with Crippen molar-refractivity contribution in [3.63, 3.8) is 0 Å². The molecule has 0 fully saturated rings. The number of hydrogen-bond acceptors (Lipinski definition) is 5. The quantitative estimate of drug-likeness (QED) is 0.869. The van der Waals surface area contributed by atoms with Gasteiger partial charge in [0.25, 0.3) is 0 Å². The SMILES string of the molecule is Cc1ccsc1[C@@H]1CC(c2cccs2)=NN1S(C)(=O)=O. The minimum Gasteiger partial charge on any atom is -0.205 e. The molecule has 0 radical (unpaired) electrons. The van der Waals surface area contributed by atoms with Crippen molar-refractivity contribution in [1.29, 1.82) is 0 Å². The van der Waals surface area contributed by atoms with Crippen molar-refractivity contribution in [2.45, 2.75) is 19.4 Å². The van der Waals surface area contributed by atoms with Crippen LogP contribution in [0.25, 0.3) is 0 Å². The Morgan fingerprint density at radius 3 is 2.65 bits per heavy atom. The first-order valence-corrected chi connectivity index (χ1v) is 9.72. The lowest BCUT2D eigenvalue weighted by Crippen LogP contribution is -2.25. The number of sulfonamides is 1. The van der Waals surface area contributed by atoms with E-state index in [0.29, 0.717) is 6.42 Å². The first-order valence-electron chi connectivity index (χ1n) is 6.11. The predicted octanol–water partition coefficient (Wildman–Crippen LogP) is 3.23. The largest absolute Gasteiger partial charge is 0.247 e. The molecule has 2 aromatic rings. The highest BCUT2D eigenvalue weighted by Crippen LogP contribution is 2.38. The maximum atomic E-state index is 12.0. The van der Waals surface area contributed by atoms with Gasteiger partial charge in [-0.1, -0.05) is 6.07 Å². The summed E-state index contributed by atoms with van der Waals surface area (Å²) in [5, 5.41) is 8.33. The molecule has 2 aromatic heterocycles. The third kappa shape index (κ3) is 2.41. The first kappa shape index (κ1) is 13.8. The monoisotopic (exact) mass is 326 g/mol. The van der Waals surface area contributed by atoms with E-state index in [4.69, 9.17) is 0 Å². The van der Waals surface area contributed by atoms with E-state index in [9.17, 15) is 8.42 Å². The van der Waals surface area contributed by atoms with Crippen LogP contribution in [0.2, 0.25) is 0 Å². The standard InChI is InChI=1S/C13H14N2O2S3/c1-9-5-7-19-13(9)11-8-10(12-4-3-6-18-12)14-15(11)20(2,16)17/h3-7,11H,8H2,1-2H3/t11-/m0/s1. The molecule has 4 nitrogen and oxygen atoms in total. The van der Waals surface area contributed by atoms with Crippen molar-refractivity contribution in [3.05, 3.63) is 44.3 Å². The van der Waals surface area contributed by atoms with Crippen LogP contribution in [-0.2, 0) is 10.0 Å². The Hall–Kier alpha value is -1.18. The summed E-state index contributed by atoms with van der Waals surface area (Å²) in [7, 11) is -3.36. The Kier molecular flexibility index (Phi) is 3.43. The second kappa shape index (κ2) is 4.98. The summed E-state index contributed by atoms with van der Waals surface area (Å²) in [6.45, 7) is 2.01. The van der Waals surface area contributed by atoms with Gasteiger partial charge >= 0.3 is 0 Å². The maximum Gasteiger partial charge on any atom is 0.247 e. The lowest BCUT2D eigenvalue weighted by Gasteiger charge is -2.20. The maximum absolute atomic E-state index is 12.0. The fourth-order valence-electron chi connectivity index (χ4n) is 2.31. The van der Waals surface area contributed by atoms with Gasteiger partial charge < -0.3 is 0 Å². The number of thiophene rings is 2. The van der Waals surface area contributed by atoms with Crippen LogP contribution < -0.4 is 0 Å². The second-order valence-corrected chi connectivity index (χ2v) is 8.48. The molecular formula is C13H14N2O2S3. The molecule has 1 aliphatic rings. The minimum absolute atomic E-state index is 0.206. The van der Waals surface area contributed by atoms with E-state index in [-0.39, 0.29) is 6.04 Å². The highest BCUT2D eigenvalue weighted by atomic mass is 32.2. The Labute approximate surface area is 126 Å². The van der Waals surface area contributed by atoms with Gasteiger partial charge in [0.2, 0.25) is 10.0 Å². The summed E-state index contributed by atoms with van der Waals surface area (Å²) in [6, 6.07) is 5.75. The van der Waals surface area contributed by atoms with Crippen LogP contribution in [0.4, 0.5) is 0 Å². The first-order chi connectivity index (χ1) is 9.47. The molecule has 0 unspecified atom stereocenters. The van der Waals surface area contributed by atoms with Crippen LogP contribution in [-0.4, -0.2) is 24.8 Å². The van der Waals surface area contributed by atoms with E-state index >= 15 is 0 Å². The number of hydrazone groups is 1. The van der Waals surface area contributed by atoms with Crippen molar-refractivity contribution in [2.75, 3.05) is 6.26 Å². The molecule has 3 heterocycles. The van der Waals surface area contributed by atoms with Crippen LogP contribution >= 0.6 is 22.7 Å². The van der Waals surface area contributed by atoms with E-state index in [1.165, 1.54) is 10.7 Å². The molecule has 106 valence electrons. The summed E-state index contributed by atoms with van der Waals surface area (Å²) in [4.78, 5) is 2.11. The van der Waals surface area contributed by atoms with Crippen LogP contribution in [0, 0.1) is 6.92 Å². The van der Waals surface area contributed by atoms with Crippen LogP contribution in [0.3, 0.4) is 0 Å². The molecule has 0 aliphatic carbocycles. The summed E-state index contributed by atoms with van der Waals surface area (Å²) >= 11 is 3.18. The van der Waals surface area contributed by atoms with Crippen LogP contribution in [0.5, 0.6) is 0 Å². The topological polar surface area (TPSA) is 49.7 Å². The second-order valence-electron chi connectivity index (χ2n) is 4.75. The van der Waals surface area contributed by atoms with Crippen LogP contribution in [0.1, 0.15) is 27.8 Å². The Bertz CT molecular complexity index is 744. The van der Waals surface area contributed by atoms with E-state index < -0.39 is 10.0 Å². The fraction of sp³-hybridized carbons (Fsp3) is 0.308. The van der Waals surface area contributed by atoms with Gasteiger partial charge in [0.1, 0.15) is 6.04 Å². The zero-order valence-electron chi connectivity index (χ0n) is 11.1. The zero-order valence-corrected chi connectivity index (χ0v) is 13.6. The number of hydrogen-bond donors (Lipinski definition) is 0. The lowest BCUT2D eigenvalue weighted by atomic mass is 10.1. The van der Waals surface area contributed by atoms with E-state index in [1.54, 1.807) is 22.7 Å². The molecule has 1 aliphatic heterocycles. The van der Waals surface area contributed by atoms with Gasteiger partial charge in [-0.2, -0.15) is 9.52 Å². The molecule has 7 heteroatoms. The lowest BCUT2D eigenvalue weighted by molar-refractivity contribution is 0.378. The molecule has 0 aromatic carbocycles. The van der Waals surface area contributed by atoms with Gasteiger partial charge in [0, 0.05) is 11.3 Å². The van der Waals surface area contributed by atoms with Gasteiger partial charge in [-0.3, -0.25) is 0 Å². The fourth-order valence-corrected chi connectivity index (χ4v) is 5.00. The van der Waals surface area contributed by atoms with Crippen LogP contribution in [0.15, 0.2) is 34.1 Å². The molecule has 0 spiro atoms. The van der Waals surface area contributed by atoms with Gasteiger partial charge in [0.05, 0.1) is 16.8 Å². The van der Waals surface area contributed by atoms with Gasteiger partial charge in [-0.25, -0.2) is 8.42 Å². The van der Waals surface area contributed by atoms with E-state index in [2.05, 4.69) is 5.10 Å². The molecule has 1 atom stereocenters. The van der Waals surface area contributed by atoms with Gasteiger partial charge in [-0.05, 0) is 35.4 Å². The summed E-state index contributed by atoms with van der Waals surface area (Å²) in [5.74, 6) is 0. The predicted molar refractivity (Wildman–Crippen MR) is 84.0 cm³/mol. The van der Waals surface area contributed by atoms with Gasteiger partial charge in [-0.15, -0.1) is 22.7 Å². The summed E-state index contributed by atoms with van der Waals surface area (Å²) in [6.07, 6.45) is 1.85. The number of rotatable bonds is 3. The number of aryl methyl sites for hydroxylation is 1. The van der Waals surface area contributed by atoms with Crippen molar-refractivity contribution in [2.24, 2.45) is 5.10 Å². The highest BCUT2D eigenvalue weighted by molar-refractivity contribution is 7.88. The number of nitrogens with zero attached hydrogens (tertiary/aromatic N) is 2. The smallest absolute Gasteiger partial charge is 0.205 e.